The van der Waals surface area contributed by atoms with Crippen LogP contribution in [0, 0.1) is 0 Å². The molecule has 23 heavy (non-hydrogen) atoms. The van der Waals surface area contributed by atoms with Crippen molar-refractivity contribution in [3.63, 3.8) is 0 Å². The van der Waals surface area contributed by atoms with Gasteiger partial charge in [0.1, 0.15) is 10.5 Å². The molecule has 2 aromatic carbocycles. The molecule has 0 fully saturated rings. The van der Waals surface area contributed by atoms with E-state index in [2.05, 4.69) is 9.97 Å². The number of benzene rings is 2. The second-order valence-electron chi connectivity index (χ2n) is 5.23. The topological polar surface area (TPSA) is 76.2 Å². The maximum absolute atomic E-state index is 10.8. The molecule has 0 amide bonds. The lowest BCUT2D eigenvalue weighted by Gasteiger charge is -1.94. The summed E-state index contributed by atoms with van der Waals surface area (Å²) in [6, 6.07) is 13.3. The highest BCUT2D eigenvalue weighted by Crippen LogP contribution is 2.25. The summed E-state index contributed by atoms with van der Waals surface area (Å²) in [6.07, 6.45) is 0.512. The summed E-state index contributed by atoms with van der Waals surface area (Å²) >= 11 is 1.62. The number of oxazole rings is 1. The minimum absolute atomic E-state index is 0.0179. The standard InChI is InChI=1S/C17H12N2O3S/c20-17(21)8-10-5-6-13-12(7-10)18-15(22-13)9-16-19-11-3-1-2-4-14(11)23-16/h1-7H,8-9H2,(H,20,21). The van der Waals surface area contributed by atoms with Gasteiger partial charge < -0.3 is 9.52 Å². The van der Waals surface area contributed by atoms with Gasteiger partial charge in [-0.3, -0.25) is 4.79 Å². The second kappa shape index (κ2) is 5.48. The average molecular weight is 324 g/mol. The van der Waals surface area contributed by atoms with Crippen molar-refractivity contribution in [1.29, 1.82) is 0 Å². The van der Waals surface area contributed by atoms with Crippen molar-refractivity contribution < 1.29 is 14.3 Å². The second-order valence-corrected chi connectivity index (χ2v) is 6.35. The molecule has 0 atom stereocenters. The van der Waals surface area contributed by atoms with E-state index in [0.29, 0.717) is 29.0 Å². The Morgan fingerprint density at radius 3 is 2.83 bits per heavy atom. The highest BCUT2D eigenvalue weighted by molar-refractivity contribution is 7.18. The van der Waals surface area contributed by atoms with Crippen LogP contribution in [0.5, 0.6) is 0 Å². The molecule has 2 aromatic heterocycles. The van der Waals surface area contributed by atoms with Gasteiger partial charge in [-0.2, -0.15) is 0 Å². The predicted octanol–water partition coefficient (Wildman–Crippen LogP) is 3.66. The zero-order chi connectivity index (χ0) is 15.8. The first-order valence-corrected chi connectivity index (χ1v) is 7.93. The molecule has 114 valence electrons. The molecular formula is C17H12N2O3S. The largest absolute Gasteiger partial charge is 0.481 e. The SMILES string of the molecule is O=C(O)Cc1ccc2oc(Cc3nc4ccccc4s3)nc2c1. The number of carboxylic acid groups (broad SMARTS) is 1. The molecule has 4 rings (SSSR count). The van der Waals surface area contributed by atoms with Crippen LogP contribution in [-0.2, 0) is 17.6 Å². The first-order chi connectivity index (χ1) is 11.2. The Labute approximate surface area is 135 Å². The predicted molar refractivity (Wildman–Crippen MR) is 87.8 cm³/mol. The lowest BCUT2D eigenvalue weighted by atomic mass is 10.1. The van der Waals surface area contributed by atoms with Crippen LogP contribution in [-0.4, -0.2) is 21.0 Å². The molecule has 1 N–H and O–H groups in total. The van der Waals surface area contributed by atoms with Crippen LogP contribution in [0.2, 0.25) is 0 Å². The van der Waals surface area contributed by atoms with Crippen molar-refractivity contribution in [1.82, 2.24) is 9.97 Å². The van der Waals surface area contributed by atoms with Crippen LogP contribution in [0.25, 0.3) is 21.3 Å². The molecule has 0 unspecified atom stereocenters. The minimum Gasteiger partial charge on any atom is -0.481 e. The van der Waals surface area contributed by atoms with E-state index < -0.39 is 5.97 Å². The summed E-state index contributed by atoms with van der Waals surface area (Å²) in [4.78, 5) is 19.8. The number of hydrogen-bond acceptors (Lipinski definition) is 5. The third-order valence-electron chi connectivity index (χ3n) is 3.49. The number of aliphatic carboxylic acids is 1. The quantitative estimate of drug-likeness (QED) is 0.620. The first kappa shape index (κ1) is 13.9. The van der Waals surface area contributed by atoms with Crippen molar-refractivity contribution in [2.75, 3.05) is 0 Å². The van der Waals surface area contributed by atoms with Crippen molar-refractivity contribution >= 4 is 38.6 Å². The Morgan fingerprint density at radius 1 is 1.13 bits per heavy atom. The Bertz CT molecular complexity index is 986. The van der Waals surface area contributed by atoms with Gasteiger partial charge in [0.2, 0.25) is 5.89 Å². The minimum atomic E-state index is -0.859. The molecular weight excluding hydrogens is 312 g/mol. The van der Waals surface area contributed by atoms with Crippen molar-refractivity contribution in [2.45, 2.75) is 12.8 Å². The van der Waals surface area contributed by atoms with Gasteiger partial charge in [-0.05, 0) is 29.8 Å². The van der Waals surface area contributed by atoms with E-state index in [9.17, 15) is 4.79 Å². The smallest absolute Gasteiger partial charge is 0.307 e. The Hall–Kier alpha value is -2.73. The highest BCUT2D eigenvalue weighted by atomic mass is 32.1. The molecule has 0 aliphatic carbocycles. The zero-order valence-corrected chi connectivity index (χ0v) is 12.8. The molecule has 5 nitrogen and oxygen atoms in total. The number of fused-ring (bicyclic) bond motifs is 2. The van der Waals surface area contributed by atoms with Crippen molar-refractivity contribution in [2.24, 2.45) is 0 Å². The normalized spacial score (nSPS) is 11.3. The summed E-state index contributed by atoms with van der Waals surface area (Å²) in [6.45, 7) is 0. The highest BCUT2D eigenvalue weighted by Gasteiger charge is 2.11. The monoisotopic (exact) mass is 324 g/mol. The number of rotatable bonds is 4. The fraction of sp³-hybridized carbons (Fsp3) is 0.118. The van der Waals surface area contributed by atoms with E-state index >= 15 is 0 Å². The number of para-hydroxylation sites is 1. The number of carbonyl (C=O) groups is 1. The van der Waals surface area contributed by atoms with Crippen LogP contribution in [0.4, 0.5) is 0 Å². The lowest BCUT2D eigenvalue weighted by molar-refractivity contribution is -0.136. The van der Waals surface area contributed by atoms with Crippen LogP contribution >= 0.6 is 11.3 Å². The van der Waals surface area contributed by atoms with E-state index in [1.807, 2.05) is 24.3 Å². The molecule has 0 radical (unpaired) electrons. The van der Waals surface area contributed by atoms with Gasteiger partial charge in [-0.15, -0.1) is 11.3 Å². The first-order valence-electron chi connectivity index (χ1n) is 7.12. The molecule has 0 saturated carbocycles. The van der Waals surface area contributed by atoms with Crippen LogP contribution in [0.3, 0.4) is 0 Å². The number of hydrogen-bond donors (Lipinski definition) is 1. The van der Waals surface area contributed by atoms with Gasteiger partial charge in [0.25, 0.3) is 0 Å². The van der Waals surface area contributed by atoms with Gasteiger partial charge in [0.05, 0.1) is 23.1 Å². The lowest BCUT2D eigenvalue weighted by Crippen LogP contribution is -1.99. The van der Waals surface area contributed by atoms with Crippen LogP contribution < -0.4 is 0 Å². The number of nitrogens with zero attached hydrogens (tertiary/aromatic N) is 2. The number of carboxylic acids is 1. The summed E-state index contributed by atoms with van der Waals surface area (Å²) in [7, 11) is 0. The molecule has 0 bridgehead atoms. The van der Waals surface area contributed by atoms with Gasteiger partial charge in [0.15, 0.2) is 5.58 Å². The fourth-order valence-corrected chi connectivity index (χ4v) is 3.46. The third-order valence-corrected chi connectivity index (χ3v) is 4.53. The number of aromatic nitrogens is 2. The van der Waals surface area contributed by atoms with Gasteiger partial charge in [0, 0.05) is 0 Å². The summed E-state index contributed by atoms with van der Waals surface area (Å²) in [5.41, 5.74) is 3.03. The third kappa shape index (κ3) is 2.80. The maximum atomic E-state index is 10.8. The average Bonchev–Trinajstić information content (AvgIpc) is 3.08. The van der Waals surface area contributed by atoms with Gasteiger partial charge >= 0.3 is 5.97 Å². The molecule has 0 aliphatic heterocycles. The summed E-state index contributed by atoms with van der Waals surface area (Å²) in [5.74, 6) is -0.269. The van der Waals surface area contributed by atoms with Gasteiger partial charge in [-0.1, -0.05) is 18.2 Å². The zero-order valence-electron chi connectivity index (χ0n) is 12.0. The van der Waals surface area contributed by atoms with Crippen LogP contribution in [0.1, 0.15) is 16.5 Å². The van der Waals surface area contributed by atoms with Crippen LogP contribution in [0.15, 0.2) is 46.9 Å². The summed E-state index contributed by atoms with van der Waals surface area (Å²) in [5, 5.41) is 9.81. The van der Waals surface area contributed by atoms with E-state index in [1.54, 1.807) is 29.5 Å². The molecule has 2 heterocycles. The Morgan fingerprint density at radius 2 is 2.00 bits per heavy atom. The molecule has 6 heteroatoms. The molecule has 0 spiro atoms. The van der Waals surface area contributed by atoms with E-state index in [4.69, 9.17) is 9.52 Å². The molecule has 0 aliphatic rings. The Kier molecular flexibility index (Phi) is 3.31. The van der Waals surface area contributed by atoms with Crippen molar-refractivity contribution in [3.05, 3.63) is 58.9 Å². The number of thiazole rings is 1. The van der Waals surface area contributed by atoms with E-state index in [-0.39, 0.29) is 6.42 Å². The fourth-order valence-electron chi connectivity index (χ4n) is 2.51. The molecule has 4 aromatic rings. The summed E-state index contributed by atoms with van der Waals surface area (Å²) < 4.78 is 6.88. The van der Waals surface area contributed by atoms with E-state index in [0.717, 1.165) is 15.2 Å². The van der Waals surface area contributed by atoms with E-state index in [1.165, 1.54) is 0 Å². The maximum Gasteiger partial charge on any atom is 0.307 e. The Balaban J connectivity index is 1.64. The van der Waals surface area contributed by atoms with Gasteiger partial charge in [-0.25, -0.2) is 9.97 Å². The van der Waals surface area contributed by atoms with Crippen molar-refractivity contribution in [3.8, 4) is 0 Å². The molecule has 0 saturated heterocycles.